The first-order valence-corrected chi connectivity index (χ1v) is 6.93. The summed E-state index contributed by atoms with van der Waals surface area (Å²) >= 11 is 11.8. The molecule has 0 fully saturated rings. The number of fused-ring (bicyclic) bond motifs is 1. The fourth-order valence-corrected chi connectivity index (χ4v) is 2.87. The third-order valence-electron chi connectivity index (χ3n) is 3.35. The second-order valence-electron chi connectivity index (χ2n) is 4.71. The van der Waals surface area contributed by atoms with Gasteiger partial charge in [-0.15, -0.1) is 0 Å². The maximum Gasteiger partial charge on any atom is 0.162 e. The topological polar surface area (TPSA) is 29.0 Å². The molecule has 2 heterocycles. The van der Waals surface area contributed by atoms with Gasteiger partial charge >= 0.3 is 0 Å². The molecular weight excluding hydrogens is 281 g/mol. The van der Waals surface area contributed by atoms with Crippen LogP contribution in [0.5, 0.6) is 0 Å². The van der Waals surface area contributed by atoms with Gasteiger partial charge in [0, 0.05) is 30.9 Å². The number of benzene rings is 1. The summed E-state index contributed by atoms with van der Waals surface area (Å²) in [5.41, 5.74) is 3.56. The van der Waals surface area contributed by atoms with E-state index < -0.39 is 0 Å². The van der Waals surface area contributed by atoms with E-state index >= 15 is 0 Å². The summed E-state index contributed by atoms with van der Waals surface area (Å²) in [4.78, 5) is 10.7. The number of aromatic nitrogens is 2. The third kappa shape index (κ3) is 2.53. The highest BCUT2D eigenvalue weighted by Crippen LogP contribution is 2.30. The standard InChI is InChI=1S/C14H13Cl2N3/c1-19-6-2-3-9-7-10(4-5-11(9)19)14-17-12(15)8-13(16)18-14/h4-5,7-8H,2-3,6H2,1H3. The van der Waals surface area contributed by atoms with Crippen molar-refractivity contribution in [3.63, 3.8) is 0 Å². The molecule has 5 heteroatoms. The van der Waals surface area contributed by atoms with Crippen molar-refractivity contribution in [2.24, 2.45) is 0 Å². The van der Waals surface area contributed by atoms with Crippen LogP contribution in [-0.4, -0.2) is 23.6 Å². The average Bonchev–Trinajstić information content (AvgIpc) is 2.37. The lowest BCUT2D eigenvalue weighted by Crippen LogP contribution is -2.24. The normalized spacial score (nSPS) is 14.4. The molecule has 3 rings (SSSR count). The lowest BCUT2D eigenvalue weighted by Gasteiger charge is -2.27. The molecule has 1 aliphatic rings. The van der Waals surface area contributed by atoms with E-state index in [1.165, 1.54) is 17.7 Å². The summed E-state index contributed by atoms with van der Waals surface area (Å²) in [6, 6.07) is 7.80. The zero-order chi connectivity index (χ0) is 13.4. The van der Waals surface area contributed by atoms with Gasteiger partial charge in [-0.05, 0) is 36.6 Å². The van der Waals surface area contributed by atoms with Crippen molar-refractivity contribution in [3.8, 4) is 11.4 Å². The van der Waals surface area contributed by atoms with Crippen LogP contribution in [0.1, 0.15) is 12.0 Å². The van der Waals surface area contributed by atoms with Crippen LogP contribution in [0.25, 0.3) is 11.4 Å². The van der Waals surface area contributed by atoms with Crippen LogP contribution in [0.2, 0.25) is 10.3 Å². The van der Waals surface area contributed by atoms with Gasteiger partial charge in [0.25, 0.3) is 0 Å². The molecule has 1 aromatic heterocycles. The second-order valence-corrected chi connectivity index (χ2v) is 5.48. The molecule has 98 valence electrons. The molecule has 1 aliphatic heterocycles. The van der Waals surface area contributed by atoms with E-state index in [-0.39, 0.29) is 0 Å². The molecule has 19 heavy (non-hydrogen) atoms. The van der Waals surface area contributed by atoms with Gasteiger partial charge < -0.3 is 4.90 Å². The Morgan fingerprint density at radius 1 is 1.11 bits per heavy atom. The molecule has 0 N–H and O–H groups in total. The van der Waals surface area contributed by atoms with Crippen molar-refractivity contribution >= 4 is 28.9 Å². The molecule has 1 aromatic carbocycles. The molecule has 0 saturated carbocycles. The first kappa shape index (κ1) is 12.7. The lowest BCUT2D eigenvalue weighted by atomic mass is 9.99. The molecule has 0 radical (unpaired) electrons. The van der Waals surface area contributed by atoms with Crippen LogP contribution in [0.15, 0.2) is 24.3 Å². The van der Waals surface area contributed by atoms with Crippen LogP contribution in [-0.2, 0) is 6.42 Å². The number of rotatable bonds is 1. The number of nitrogens with zero attached hydrogens (tertiary/aromatic N) is 3. The predicted octanol–water partition coefficient (Wildman–Crippen LogP) is 3.83. The highest BCUT2D eigenvalue weighted by Gasteiger charge is 2.15. The molecule has 3 nitrogen and oxygen atoms in total. The van der Waals surface area contributed by atoms with Crippen LogP contribution in [0.4, 0.5) is 5.69 Å². The molecule has 2 aromatic rings. The van der Waals surface area contributed by atoms with E-state index in [1.807, 2.05) is 6.07 Å². The summed E-state index contributed by atoms with van der Waals surface area (Å²) < 4.78 is 0. The van der Waals surface area contributed by atoms with Gasteiger partial charge in [0.2, 0.25) is 0 Å². The van der Waals surface area contributed by atoms with E-state index in [2.05, 4.69) is 34.0 Å². The van der Waals surface area contributed by atoms with Crippen molar-refractivity contribution < 1.29 is 0 Å². The van der Waals surface area contributed by atoms with Crippen molar-refractivity contribution in [1.82, 2.24) is 9.97 Å². The second kappa shape index (κ2) is 4.99. The Hall–Kier alpha value is -1.32. The first-order valence-electron chi connectivity index (χ1n) is 6.18. The number of hydrogen-bond acceptors (Lipinski definition) is 3. The lowest BCUT2D eigenvalue weighted by molar-refractivity contribution is 0.744. The van der Waals surface area contributed by atoms with Gasteiger partial charge in [-0.1, -0.05) is 23.2 Å². The maximum absolute atomic E-state index is 5.92. The van der Waals surface area contributed by atoms with Crippen molar-refractivity contribution in [2.45, 2.75) is 12.8 Å². The number of aryl methyl sites for hydroxylation is 1. The van der Waals surface area contributed by atoms with Crippen LogP contribution < -0.4 is 4.90 Å². The molecule has 0 unspecified atom stereocenters. The van der Waals surface area contributed by atoms with Crippen LogP contribution in [0.3, 0.4) is 0 Å². The summed E-state index contributed by atoms with van der Waals surface area (Å²) in [6.45, 7) is 1.10. The first-order chi connectivity index (χ1) is 9.13. The Morgan fingerprint density at radius 3 is 2.58 bits per heavy atom. The van der Waals surface area contributed by atoms with Gasteiger partial charge in [-0.2, -0.15) is 0 Å². The average molecular weight is 294 g/mol. The minimum absolute atomic E-state index is 0.366. The molecule has 0 saturated heterocycles. The Labute approximate surface area is 122 Å². The number of hydrogen-bond donors (Lipinski definition) is 0. The molecule has 0 amide bonds. The SMILES string of the molecule is CN1CCCc2cc(-c3nc(Cl)cc(Cl)n3)ccc21. The van der Waals surface area contributed by atoms with E-state index in [4.69, 9.17) is 23.2 Å². The summed E-state index contributed by atoms with van der Waals surface area (Å²) in [5, 5.41) is 0.731. The fraction of sp³-hybridized carbons (Fsp3) is 0.286. The zero-order valence-electron chi connectivity index (χ0n) is 10.5. The van der Waals surface area contributed by atoms with Gasteiger partial charge in [-0.25, -0.2) is 9.97 Å². The predicted molar refractivity (Wildman–Crippen MR) is 79.1 cm³/mol. The van der Waals surface area contributed by atoms with Crippen molar-refractivity contribution in [2.75, 3.05) is 18.5 Å². The molecule has 0 spiro atoms. The Morgan fingerprint density at radius 2 is 1.84 bits per heavy atom. The fourth-order valence-electron chi connectivity index (χ4n) is 2.44. The largest absolute Gasteiger partial charge is 0.374 e. The Balaban J connectivity index is 2.06. The number of halogens is 2. The maximum atomic E-state index is 5.92. The van der Waals surface area contributed by atoms with Gasteiger partial charge in [0.1, 0.15) is 10.3 Å². The van der Waals surface area contributed by atoms with E-state index in [0.29, 0.717) is 16.1 Å². The Kier molecular flexibility index (Phi) is 3.33. The smallest absolute Gasteiger partial charge is 0.162 e. The summed E-state index contributed by atoms with van der Waals surface area (Å²) in [6.07, 6.45) is 2.26. The van der Waals surface area contributed by atoms with Crippen molar-refractivity contribution in [3.05, 3.63) is 40.1 Å². The van der Waals surface area contributed by atoms with Gasteiger partial charge in [0.15, 0.2) is 5.82 Å². The minimum Gasteiger partial charge on any atom is -0.374 e. The summed E-state index contributed by atoms with van der Waals surface area (Å²) in [7, 11) is 2.12. The zero-order valence-corrected chi connectivity index (χ0v) is 12.0. The third-order valence-corrected chi connectivity index (χ3v) is 3.74. The minimum atomic E-state index is 0.366. The monoisotopic (exact) mass is 293 g/mol. The molecule has 0 atom stereocenters. The van der Waals surface area contributed by atoms with Crippen LogP contribution >= 0.6 is 23.2 Å². The van der Waals surface area contributed by atoms with Crippen LogP contribution in [0, 0.1) is 0 Å². The van der Waals surface area contributed by atoms with Crippen molar-refractivity contribution in [1.29, 1.82) is 0 Å². The molecule has 0 bridgehead atoms. The van der Waals surface area contributed by atoms with Gasteiger partial charge in [-0.3, -0.25) is 0 Å². The van der Waals surface area contributed by atoms with E-state index in [0.717, 1.165) is 18.5 Å². The van der Waals surface area contributed by atoms with E-state index in [1.54, 1.807) is 6.07 Å². The van der Waals surface area contributed by atoms with E-state index in [9.17, 15) is 0 Å². The number of anilines is 1. The highest BCUT2D eigenvalue weighted by atomic mass is 35.5. The Bertz CT molecular complexity index is 608. The van der Waals surface area contributed by atoms with Gasteiger partial charge in [0.05, 0.1) is 0 Å². The molecule has 0 aliphatic carbocycles. The molecular formula is C14H13Cl2N3. The highest BCUT2D eigenvalue weighted by molar-refractivity contribution is 6.33. The quantitative estimate of drug-likeness (QED) is 0.748. The summed E-state index contributed by atoms with van der Waals surface area (Å²) in [5.74, 6) is 0.577.